The molecule has 0 radical (unpaired) electrons. The van der Waals surface area contributed by atoms with Gasteiger partial charge in [0.25, 0.3) is 0 Å². The molecule has 1 aromatic rings. The molecule has 1 aromatic carbocycles. The Kier molecular flexibility index (Phi) is 2.78. The Hall–Kier alpha value is -1.22. The van der Waals surface area contributed by atoms with Gasteiger partial charge in [-0.3, -0.25) is 5.84 Å². The molecule has 0 unspecified atom stereocenters. The van der Waals surface area contributed by atoms with Crippen molar-refractivity contribution < 1.29 is 4.74 Å². The summed E-state index contributed by atoms with van der Waals surface area (Å²) in [4.78, 5) is 0. The fourth-order valence-electron chi connectivity index (χ4n) is 1.48. The second-order valence-electron chi connectivity index (χ2n) is 3.17. The molecule has 0 saturated carbocycles. The average molecular weight is 180 g/mol. The summed E-state index contributed by atoms with van der Waals surface area (Å²) in [6, 6.07) is 1.98. The van der Waals surface area contributed by atoms with E-state index in [-0.39, 0.29) is 0 Å². The highest BCUT2D eigenvalue weighted by Gasteiger charge is 2.08. The van der Waals surface area contributed by atoms with E-state index in [1.165, 1.54) is 0 Å². The van der Waals surface area contributed by atoms with Gasteiger partial charge in [-0.2, -0.15) is 0 Å². The van der Waals surface area contributed by atoms with Crippen molar-refractivity contribution in [3.63, 3.8) is 0 Å². The lowest BCUT2D eigenvalue weighted by Crippen LogP contribution is -2.10. The first-order valence-corrected chi connectivity index (χ1v) is 4.23. The predicted molar refractivity (Wildman–Crippen MR) is 55.0 cm³/mol. The second kappa shape index (κ2) is 3.66. The number of rotatable bonds is 2. The molecule has 0 aliphatic heterocycles. The first kappa shape index (κ1) is 9.86. The van der Waals surface area contributed by atoms with Crippen LogP contribution >= 0.6 is 0 Å². The van der Waals surface area contributed by atoms with E-state index in [4.69, 9.17) is 10.6 Å². The van der Waals surface area contributed by atoms with E-state index in [9.17, 15) is 0 Å². The Labute approximate surface area is 78.9 Å². The molecule has 1 rings (SSSR count). The van der Waals surface area contributed by atoms with E-state index in [0.29, 0.717) is 0 Å². The van der Waals surface area contributed by atoms with Gasteiger partial charge >= 0.3 is 0 Å². The minimum Gasteiger partial charge on any atom is -0.496 e. The molecular formula is C10H16N2O. The summed E-state index contributed by atoms with van der Waals surface area (Å²) in [6.07, 6.45) is 0. The molecule has 0 heterocycles. The van der Waals surface area contributed by atoms with Crippen LogP contribution < -0.4 is 16.0 Å². The van der Waals surface area contributed by atoms with Crippen molar-refractivity contribution in [2.45, 2.75) is 20.8 Å². The largest absolute Gasteiger partial charge is 0.496 e. The Morgan fingerprint density at radius 2 is 1.85 bits per heavy atom. The summed E-state index contributed by atoms with van der Waals surface area (Å²) >= 11 is 0. The van der Waals surface area contributed by atoms with Gasteiger partial charge in [0.2, 0.25) is 0 Å². The molecule has 0 fully saturated rings. The lowest BCUT2D eigenvalue weighted by molar-refractivity contribution is 0.411. The van der Waals surface area contributed by atoms with Crippen LogP contribution in [0.15, 0.2) is 6.07 Å². The van der Waals surface area contributed by atoms with Gasteiger partial charge in [-0.25, -0.2) is 0 Å². The third-order valence-electron chi connectivity index (χ3n) is 2.41. The van der Waals surface area contributed by atoms with Gasteiger partial charge in [0.1, 0.15) is 5.75 Å². The van der Waals surface area contributed by atoms with E-state index in [1.54, 1.807) is 7.11 Å². The number of benzene rings is 1. The number of hydrazine groups is 1. The predicted octanol–water partition coefficient (Wildman–Crippen LogP) is 1.91. The summed E-state index contributed by atoms with van der Waals surface area (Å²) in [7, 11) is 1.68. The van der Waals surface area contributed by atoms with Gasteiger partial charge in [0, 0.05) is 0 Å². The molecule has 0 aliphatic carbocycles. The van der Waals surface area contributed by atoms with Crippen LogP contribution in [0.1, 0.15) is 16.7 Å². The summed E-state index contributed by atoms with van der Waals surface area (Å²) in [6.45, 7) is 6.05. The molecule has 0 saturated heterocycles. The summed E-state index contributed by atoms with van der Waals surface area (Å²) in [5.74, 6) is 6.33. The number of methoxy groups -OCH3 is 1. The van der Waals surface area contributed by atoms with Crippen molar-refractivity contribution in [1.82, 2.24) is 0 Å². The Bertz CT molecular complexity index is 321. The van der Waals surface area contributed by atoms with E-state index >= 15 is 0 Å². The monoisotopic (exact) mass is 180 g/mol. The van der Waals surface area contributed by atoms with Crippen LogP contribution in [0.5, 0.6) is 5.75 Å². The fourth-order valence-corrected chi connectivity index (χ4v) is 1.48. The summed E-state index contributed by atoms with van der Waals surface area (Å²) < 4.78 is 5.24. The Balaban J connectivity index is 3.37. The van der Waals surface area contributed by atoms with Crippen molar-refractivity contribution >= 4 is 5.69 Å². The van der Waals surface area contributed by atoms with Crippen LogP contribution in [0.3, 0.4) is 0 Å². The number of hydrogen-bond donors (Lipinski definition) is 2. The molecule has 0 atom stereocenters. The SMILES string of the molecule is COc1cc(C)c(NN)c(C)c1C. The number of hydrogen-bond acceptors (Lipinski definition) is 3. The van der Waals surface area contributed by atoms with Crippen LogP contribution in [0.2, 0.25) is 0 Å². The van der Waals surface area contributed by atoms with E-state index in [1.807, 2.05) is 26.8 Å². The molecular weight excluding hydrogens is 164 g/mol. The molecule has 0 aromatic heterocycles. The number of nitrogens with one attached hydrogen (secondary N) is 1. The minimum atomic E-state index is 0.911. The minimum absolute atomic E-state index is 0.911. The topological polar surface area (TPSA) is 47.3 Å². The van der Waals surface area contributed by atoms with Gasteiger partial charge in [0.15, 0.2) is 0 Å². The quantitative estimate of drug-likeness (QED) is 0.540. The molecule has 0 spiro atoms. The Morgan fingerprint density at radius 1 is 1.23 bits per heavy atom. The van der Waals surface area contributed by atoms with Crippen LogP contribution in [0, 0.1) is 20.8 Å². The third kappa shape index (κ3) is 1.60. The molecule has 3 N–H and O–H groups in total. The van der Waals surface area contributed by atoms with E-state index in [2.05, 4.69) is 5.43 Å². The molecule has 0 bridgehead atoms. The van der Waals surface area contributed by atoms with Gasteiger partial charge in [-0.15, -0.1) is 0 Å². The number of nitrogens with two attached hydrogens (primary N) is 1. The third-order valence-corrected chi connectivity index (χ3v) is 2.41. The first-order valence-electron chi connectivity index (χ1n) is 4.23. The first-order chi connectivity index (χ1) is 6.11. The number of anilines is 1. The molecule has 0 aliphatic rings. The zero-order valence-corrected chi connectivity index (χ0v) is 8.56. The van der Waals surface area contributed by atoms with E-state index < -0.39 is 0 Å². The summed E-state index contributed by atoms with van der Waals surface area (Å²) in [5, 5.41) is 0. The molecule has 13 heavy (non-hydrogen) atoms. The lowest BCUT2D eigenvalue weighted by Gasteiger charge is -2.14. The highest BCUT2D eigenvalue weighted by molar-refractivity contribution is 5.62. The molecule has 3 nitrogen and oxygen atoms in total. The highest BCUT2D eigenvalue weighted by atomic mass is 16.5. The van der Waals surface area contributed by atoms with Gasteiger partial charge in [0.05, 0.1) is 12.8 Å². The van der Waals surface area contributed by atoms with Crippen molar-refractivity contribution in [2.24, 2.45) is 5.84 Å². The van der Waals surface area contributed by atoms with Crippen LogP contribution in [0.25, 0.3) is 0 Å². The second-order valence-corrected chi connectivity index (χ2v) is 3.17. The average Bonchev–Trinajstić information content (AvgIpc) is 2.12. The maximum Gasteiger partial charge on any atom is 0.122 e. The van der Waals surface area contributed by atoms with Crippen LogP contribution in [-0.4, -0.2) is 7.11 Å². The standard InChI is InChI=1S/C10H16N2O/c1-6-5-9(13-4)7(2)8(3)10(6)12-11/h5,12H,11H2,1-4H3. The zero-order valence-electron chi connectivity index (χ0n) is 8.56. The molecule has 72 valence electrons. The highest BCUT2D eigenvalue weighted by Crippen LogP contribution is 2.30. The number of aryl methyl sites for hydroxylation is 1. The fraction of sp³-hybridized carbons (Fsp3) is 0.400. The number of nitrogen functional groups attached to an aromatic ring is 1. The zero-order chi connectivity index (χ0) is 10.0. The van der Waals surface area contributed by atoms with Crippen LogP contribution in [-0.2, 0) is 0 Å². The normalized spacial score (nSPS) is 9.92. The van der Waals surface area contributed by atoms with Crippen molar-refractivity contribution in [3.8, 4) is 5.75 Å². The lowest BCUT2D eigenvalue weighted by atomic mass is 10.0. The maximum absolute atomic E-state index is 5.42. The van der Waals surface area contributed by atoms with Gasteiger partial charge in [-0.05, 0) is 43.5 Å². The summed E-state index contributed by atoms with van der Waals surface area (Å²) in [5.41, 5.74) is 7.05. The van der Waals surface area contributed by atoms with Crippen molar-refractivity contribution in [1.29, 1.82) is 0 Å². The molecule has 3 heteroatoms. The van der Waals surface area contributed by atoms with Gasteiger partial charge < -0.3 is 10.2 Å². The maximum atomic E-state index is 5.42. The van der Waals surface area contributed by atoms with Crippen molar-refractivity contribution in [3.05, 3.63) is 22.8 Å². The van der Waals surface area contributed by atoms with Crippen LogP contribution in [0.4, 0.5) is 5.69 Å². The van der Waals surface area contributed by atoms with Gasteiger partial charge in [-0.1, -0.05) is 0 Å². The smallest absolute Gasteiger partial charge is 0.122 e. The van der Waals surface area contributed by atoms with Crippen molar-refractivity contribution in [2.75, 3.05) is 12.5 Å². The Morgan fingerprint density at radius 3 is 2.31 bits per heavy atom. The number of ether oxygens (including phenoxy) is 1. The molecule has 0 amide bonds. The van der Waals surface area contributed by atoms with E-state index in [0.717, 1.165) is 28.1 Å².